The Balaban J connectivity index is 1.48. The molecule has 3 aromatic rings. The molecule has 0 N–H and O–H groups in total. The first-order chi connectivity index (χ1) is 14.0. The molecule has 1 aliphatic heterocycles. The molecule has 1 fully saturated rings. The van der Waals surface area contributed by atoms with E-state index in [1.807, 2.05) is 18.7 Å². The Hall–Kier alpha value is -2.54. The Labute approximate surface area is 173 Å². The first-order valence-corrected chi connectivity index (χ1v) is 10.7. The molecule has 1 aliphatic rings. The average Bonchev–Trinajstić information content (AvgIpc) is 3.29. The molecule has 1 atom stereocenters. The molecule has 2 aromatic heterocycles. The fourth-order valence-corrected chi connectivity index (χ4v) is 4.75. The van der Waals surface area contributed by atoms with Crippen LogP contribution in [0, 0.1) is 19.7 Å². The Morgan fingerprint density at radius 2 is 2.07 bits per heavy atom. The van der Waals surface area contributed by atoms with Crippen LogP contribution in [0.5, 0.6) is 0 Å². The molecule has 152 valence electrons. The van der Waals surface area contributed by atoms with Crippen LogP contribution in [0.2, 0.25) is 0 Å². The van der Waals surface area contributed by atoms with Crippen molar-refractivity contribution in [2.45, 2.75) is 52.0 Å². The Kier molecular flexibility index (Phi) is 5.76. The minimum Gasteiger partial charge on any atom is -0.443 e. The van der Waals surface area contributed by atoms with Gasteiger partial charge < -0.3 is 9.32 Å². The molecular weight excluding hydrogens is 389 g/mol. The van der Waals surface area contributed by atoms with E-state index in [4.69, 9.17) is 4.42 Å². The lowest BCUT2D eigenvalue weighted by Gasteiger charge is -2.33. The van der Waals surface area contributed by atoms with E-state index in [1.54, 1.807) is 29.7 Å². The van der Waals surface area contributed by atoms with Crippen molar-refractivity contribution in [2.75, 3.05) is 6.54 Å². The van der Waals surface area contributed by atoms with E-state index in [2.05, 4.69) is 9.97 Å². The Morgan fingerprint density at radius 1 is 1.28 bits per heavy atom. The van der Waals surface area contributed by atoms with Crippen LogP contribution in [0.1, 0.15) is 58.1 Å². The topological polar surface area (TPSA) is 59.2 Å². The number of aryl methyl sites for hydroxylation is 2. The number of halogens is 1. The van der Waals surface area contributed by atoms with Gasteiger partial charge in [-0.25, -0.2) is 14.4 Å². The number of aromatic nitrogens is 2. The summed E-state index contributed by atoms with van der Waals surface area (Å²) in [5.41, 5.74) is 1.90. The predicted octanol–water partition coefficient (Wildman–Crippen LogP) is 4.77. The quantitative estimate of drug-likeness (QED) is 0.604. The number of likely N-dealkylation sites (tertiary alicyclic amines) is 1. The normalized spacial score (nSPS) is 16.9. The van der Waals surface area contributed by atoms with Crippen molar-refractivity contribution in [1.82, 2.24) is 14.9 Å². The smallest absolute Gasteiger partial charge is 0.228 e. The van der Waals surface area contributed by atoms with Gasteiger partial charge >= 0.3 is 0 Å². The molecule has 0 radical (unpaired) electrons. The van der Waals surface area contributed by atoms with E-state index in [-0.39, 0.29) is 17.8 Å². The van der Waals surface area contributed by atoms with Crippen molar-refractivity contribution in [1.29, 1.82) is 0 Å². The number of hydrogen-bond donors (Lipinski definition) is 0. The van der Waals surface area contributed by atoms with E-state index in [0.29, 0.717) is 18.7 Å². The summed E-state index contributed by atoms with van der Waals surface area (Å²) in [6, 6.07) is 6.24. The molecular formula is C22H24FN3O2S. The molecule has 0 spiro atoms. The van der Waals surface area contributed by atoms with Gasteiger partial charge in [0.25, 0.3) is 0 Å². The minimum absolute atomic E-state index is 0.0970. The highest BCUT2D eigenvalue weighted by Crippen LogP contribution is 2.32. The lowest BCUT2D eigenvalue weighted by Crippen LogP contribution is -2.39. The van der Waals surface area contributed by atoms with Gasteiger partial charge in [-0.2, -0.15) is 0 Å². The molecule has 5 nitrogen and oxygen atoms in total. The van der Waals surface area contributed by atoms with Crippen LogP contribution in [0.4, 0.5) is 4.39 Å². The highest BCUT2D eigenvalue weighted by atomic mass is 32.1. The second-order valence-electron chi connectivity index (χ2n) is 7.49. The zero-order chi connectivity index (χ0) is 20.4. The lowest BCUT2D eigenvalue weighted by atomic mass is 10.0. The number of rotatable bonds is 5. The standard InChI is InChI=1S/C22H24FN3O2S/c1-14-20(29-15(2)25-14)12-21(27)26-10-4-3-5-19(26)22-24-13-18(28-22)11-16-6-8-17(23)9-7-16/h6-9,13,19H,3-5,10-12H2,1-2H3/t19-/m0/s1. The van der Waals surface area contributed by atoms with Crippen molar-refractivity contribution < 1.29 is 13.6 Å². The third kappa shape index (κ3) is 4.56. The second-order valence-corrected chi connectivity index (χ2v) is 8.77. The zero-order valence-electron chi connectivity index (χ0n) is 16.7. The van der Waals surface area contributed by atoms with Crippen LogP contribution in [0.25, 0.3) is 0 Å². The number of piperidine rings is 1. The molecule has 1 amide bonds. The van der Waals surface area contributed by atoms with Crippen LogP contribution in [0.15, 0.2) is 34.9 Å². The van der Waals surface area contributed by atoms with Gasteiger partial charge in [0.2, 0.25) is 11.8 Å². The van der Waals surface area contributed by atoms with Gasteiger partial charge in [0.05, 0.1) is 23.3 Å². The average molecular weight is 414 g/mol. The highest BCUT2D eigenvalue weighted by molar-refractivity contribution is 7.11. The SMILES string of the molecule is Cc1nc(C)c(CC(=O)N2CCCC[C@H]2c2ncc(Cc3ccc(F)cc3)o2)s1. The number of oxazole rings is 1. The van der Waals surface area contributed by atoms with Crippen molar-refractivity contribution in [3.8, 4) is 0 Å². The molecule has 4 rings (SSSR count). The number of amides is 1. The monoisotopic (exact) mass is 413 g/mol. The molecule has 0 aliphatic carbocycles. The summed E-state index contributed by atoms with van der Waals surface area (Å²) >= 11 is 1.59. The van der Waals surface area contributed by atoms with Gasteiger partial charge in [-0.3, -0.25) is 4.79 Å². The van der Waals surface area contributed by atoms with Crippen molar-refractivity contribution >= 4 is 17.2 Å². The maximum Gasteiger partial charge on any atom is 0.228 e. The van der Waals surface area contributed by atoms with Crippen LogP contribution in [0.3, 0.4) is 0 Å². The summed E-state index contributed by atoms with van der Waals surface area (Å²) in [5, 5.41) is 0.985. The van der Waals surface area contributed by atoms with E-state index < -0.39 is 0 Å². The van der Waals surface area contributed by atoms with Gasteiger partial charge in [0, 0.05) is 17.8 Å². The number of carbonyl (C=O) groups is 1. The van der Waals surface area contributed by atoms with E-state index >= 15 is 0 Å². The first-order valence-electron chi connectivity index (χ1n) is 9.91. The van der Waals surface area contributed by atoms with Gasteiger partial charge in [-0.05, 0) is 50.8 Å². The highest BCUT2D eigenvalue weighted by Gasteiger charge is 2.31. The summed E-state index contributed by atoms with van der Waals surface area (Å²) in [5.74, 6) is 1.15. The maximum atomic E-state index is 13.1. The third-order valence-electron chi connectivity index (χ3n) is 5.28. The van der Waals surface area contributed by atoms with E-state index in [9.17, 15) is 9.18 Å². The molecule has 0 bridgehead atoms. The summed E-state index contributed by atoms with van der Waals surface area (Å²) in [7, 11) is 0. The van der Waals surface area contributed by atoms with Gasteiger partial charge in [-0.15, -0.1) is 11.3 Å². The van der Waals surface area contributed by atoms with E-state index in [1.165, 1.54) is 12.1 Å². The number of carbonyl (C=O) groups excluding carboxylic acids is 1. The number of benzene rings is 1. The van der Waals surface area contributed by atoms with Crippen LogP contribution in [-0.4, -0.2) is 27.3 Å². The molecule has 1 saturated heterocycles. The van der Waals surface area contributed by atoms with Crippen LogP contribution >= 0.6 is 11.3 Å². The largest absolute Gasteiger partial charge is 0.443 e. The number of thiazole rings is 1. The van der Waals surface area contributed by atoms with Crippen molar-refractivity contribution in [3.63, 3.8) is 0 Å². The summed E-state index contributed by atoms with van der Waals surface area (Å²) < 4.78 is 19.1. The van der Waals surface area contributed by atoms with Crippen LogP contribution < -0.4 is 0 Å². The molecule has 0 unspecified atom stereocenters. The second kappa shape index (κ2) is 8.45. The van der Waals surface area contributed by atoms with Gasteiger partial charge in [0.1, 0.15) is 17.6 Å². The first kappa shape index (κ1) is 19.8. The maximum absolute atomic E-state index is 13.1. The van der Waals surface area contributed by atoms with Crippen molar-refractivity contribution in [2.24, 2.45) is 0 Å². The Morgan fingerprint density at radius 3 is 2.79 bits per heavy atom. The fourth-order valence-electron chi connectivity index (χ4n) is 3.83. The minimum atomic E-state index is -0.255. The lowest BCUT2D eigenvalue weighted by molar-refractivity contribution is -0.134. The third-order valence-corrected chi connectivity index (χ3v) is 6.36. The molecule has 0 saturated carbocycles. The molecule has 1 aromatic carbocycles. The summed E-state index contributed by atoms with van der Waals surface area (Å²) in [4.78, 5) is 24.9. The number of hydrogen-bond acceptors (Lipinski definition) is 5. The van der Waals surface area contributed by atoms with E-state index in [0.717, 1.165) is 52.7 Å². The number of nitrogens with zero attached hydrogens (tertiary/aromatic N) is 3. The van der Waals surface area contributed by atoms with Crippen LogP contribution in [-0.2, 0) is 17.6 Å². The zero-order valence-corrected chi connectivity index (χ0v) is 17.5. The predicted molar refractivity (Wildman–Crippen MR) is 109 cm³/mol. The molecule has 29 heavy (non-hydrogen) atoms. The molecule has 7 heteroatoms. The van der Waals surface area contributed by atoms with Crippen molar-refractivity contribution in [3.05, 3.63) is 69.1 Å². The van der Waals surface area contributed by atoms with Gasteiger partial charge in [-0.1, -0.05) is 12.1 Å². The van der Waals surface area contributed by atoms with Gasteiger partial charge in [0.15, 0.2) is 0 Å². The summed E-state index contributed by atoms with van der Waals surface area (Å²) in [6.45, 7) is 4.64. The Bertz CT molecular complexity index is 996. The summed E-state index contributed by atoms with van der Waals surface area (Å²) in [6.07, 6.45) is 5.52. The molecule has 3 heterocycles. The fraction of sp³-hybridized carbons (Fsp3) is 0.409.